The van der Waals surface area contributed by atoms with Gasteiger partial charge < -0.3 is 24.2 Å². The molecule has 3 amide bonds. The molecule has 2 aromatic heterocycles. The molecule has 2 N–H and O–H groups in total. The summed E-state index contributed by atoms with van der Waals surface area (Å²) < 4.78 is 24.8. The van der Waals surface area contributed by atoms with Gasteiger partial charge in [-0.05, 0) is 32.9 Å². The van der Waals surface area contributed by atoms with Gasteiger partial charge in [-0.15, -0.1) is 0 Å². The van der Waals surface area contributed by atoms with Gasteiger partial charge in [0.2, 0.25) is 11.8 Å². The van der Waals surface area contributed by atoms with Crippen molar-refractivity contribution in [3.8, 4) is 5.88 Å². The van der Waals surface area contributed by atoms with E-state index in [1.165, 1.54) is 18.6 Å². The van der Waals surface area contributed by atoms with Crippen molar-refractivity contribution in [2.75, 3.05) is 62.4 Å². The zero-order chi connectivity index (χ0) is 27.1. The van der Waals surface area contributed by atoms with Gasteiger partial charge in [0, 0.05) is 45.8 Å². The van der Waals surface area contributed by atoms with E-state index in [2.05, 4.69) is 30.6 Å². The van der Waals surface area contributed by atoms with Crippen molar-refractivity contribution in [2.45, 2.75) is 44.5 Å². The number of carbonyl (C=O) groups is 2. The number of amides is 3. The Kier molecular flexibility index (Phi) is 9.05. The Labute approximate surface area is 220 Å². The molecule has 0 spiro atoms. The van der Waals surface area contributed by atoms with Crippen LogP contribution in [0.1, 0.15) is 26.2 Å². The zero-order valence-electron chi connectivity index (χ0n) is 21.8. The predicted molar refractivity (Wildman–Crippen MR) is 138 cm³/mol. The number of likely N-dealkylation sites (tertiary alicyclic amines) is 1. The number of carbonyl (C=O) groups excluding carboxylic acids is 2. The Morgan fingerprint density at radius 2 is 1.97 bits per heavy atom. The summed E-state index contributed by atoms with van der Waals surface area (Å²) in [5.74, 6) is 1.39. The number of hydrogen-bond acceptors (Lipinski definition) is 10. The topological polar surface area (TPSA) is 138 Å². The van der Waals surface area contributed by atoms with Gasteiger partial charge in [-0.25, -0.2) is 28.9 Å². The fourth-order valence-corrected chi connectivity index (χ4v) is 4.43. The highest BCUT2D eigenvalue weighted by Crippen LogP contribution is 2.22. The largest absolute Gasteiger partial charge is 0.477 e. The lowest BCUT2D eigenvalue weighted by atomic mass is 10.1. The van der Waals surface area contributed by atoms with Crippen molar-refractivity contribution >= 4 is 29.7 Å². The number of halogens is 1. The first kappa shape index (κ1) is 27.2. The number of likely N-dealkylation sites (N-methyl/N-ethyl adjacent to an activating group) is 1. The lowest BCUT2D eigenvalue weighted by Gasteiger charge is -2.37. The molecule has 0 aliphatic carbocycles. The summed E-state index contributed by atoms with van der Waals surface area (Å²) in [6.45, 7) is 4.42. The second-order valence-corrected chi connectivity index (χ2v) is 9.33. The molecular weight excluding hydrogens is 497 g/mol. The third kappa shape index (κ3) is 7.15. The fraction of sp³-hybridized carbons (Fsp3) is 0.583. The minimum absolute atomic E-state index is 0.101. The molecule has 2 saturated heterocycles. The molecule has 2 aliphatic rings. The van der Waals surface area contributed by atoms with Crippen LogP contribution >= 0.6 is 0 Å². The van der Waals surface area contributed by atoms with Crippen molar-refractivity contribution in [1.82, 2.24) is 29.7 Å². The van der Waals surface area contributed by atoms with Gasteiger partial charge >= 0.3 is 12.1 Å². The highest BCUT2D eigenvalue weighted by atomic mass is 19.1. The van der Waals surface area contributed by atoms with Gasteiger partial charge in [-0.2, -0.15) is 4.98 Å². The van der Waals surface area contributed by atoms with Gasteiger partial charge in [0.05, 0.1) is 25.0 Å². The molecule has 0 aromatic carbocycles. The molecule has 13 nitrogen and oxygen atoms in total. The zero-order valence-corrected chi connectivity index (χ0v) is 21.8. The maximum Gasteiger partial charge on any atom is 0.413 e. The first-order chi connectivity index (χ1) is 18.3. The summed E-state index contributed by atoms with van der Waals surface area (Å²) in [5.41, 5.74) is 0. The summed E-state index contributed by atoms with van der Waals surface area (Å²) in [7, 11) is 3.55. The summed E-state index contributed by atoms with van der Waals surface area (Å²) in [5, 5.41) is 5.33. The van der Waals surface area contributed by atoms with Gasteiger partial charge in [-0.3, -0.25) is 10.6 Å². The standard InChI is InChI=1S/C24H34FN9O4/c1-4-37-21-13-27-20(12-28-21)30-23(35)33(3)16-6-5-10-34(14-16)22-26-9-7-19(29-22)31-24(36)38-18-8-11-32(2)15-17(18)25/h7,9,12-13,16-18H,4-6,8,10-11,14-15H2,1-3H3,(H,27,30,35)(H,26,29,31,36)/t16-,17+,18+/m1/s1. The third-order valence-corrected chi connectivity index (χ3v) is 6.52. The fourth-order valence-electron chi connectivity index (χ4n) is 4.43. The van der Waals surface area contributed by atoms with E-state index in [1.54, 1.807) is 18.0 Å². The van der Waals surface area contributed by atoms with Crippen LogP contribution in [0.5, 0.6) is 5.88 Å². The number of nitrogens with zero attached hydrogens (tertiary/aromatic N) is 7. The lowest BCUT2D eigenvalue weighted by molar-refractivity contribution is 0.00405. The lowest BCUT2D eigenvalue weighted by Crippen LogP contribution is -2.50. The Bertz CT molecular complexity index is 1090. The van der Waals surface area contributed by atoms with Crippen molar-refractivity contribution in [3.63, 3.8) is 0 Å². The number of nitrogens with one attached hydrogen (secondary N) is 2. The average molecular weight is 532 g/mol. The molecule has 0 radical (unpaired) electrons. The minimum Gasteiger partial charge on any atom is -0.477 e. The molecule has 206 valence electrons. The van der Waals surface area contributed by atoms with Crippen LogP contribution < -0.4 is 20.3 Å². The maximum absolute atomic E-state index is 14.2. The molecule has 4 rings (SSSR count). The second-order valence-electron chi connectivity index (χ2n) is 9.33. The van der Waals surface area contributed by atoms with E-state index in [0.717, 1.165) is 12.8 Å². The number of hydrogen-bond donors (Lipinski definition) is 2. The molecule has 4 heterocycles. The second kappa shape index (κ2) is 12.6. The Balaban J connectivity index is 1.31. The number of piperidine rings is 2. The molecule has 14 heteroatoms. The highest BCUT2D eigenvalue weighted by molar-refractivity contribution is 5.88. The Hall–Kier alpha value is -3.81. The summed E-state index contributed by atoms with van der Waals surface area (Å²) in [6.07, 6.45) is 3.73. The molecule has 38 heavy (non-hydrogen) atoms. The van der Waals surface area contributed by atoms with Crippen molar-refractivity contribution in [3.05, 3.63) is 24.7 Å². The summed E-state index contributed by atoms with van der Waals surface area (Å²) >= 11 is 0. The normalized spacial score (nSPS) is 21.9. The van der Waals surface area contributed by atoms with E-state index >= 15 is 0 Å². The van der Waals surface area contributed by atoms with E-state index in [9.17, 15) is 14.0 Å². The molecule has 0 bridgehead atoms. The number of rotatable bonds is 7. The molecule has 0 unspecified atom stereocenters. The smallest absolute Gasteiger partial charge is 0.413 e. The number of anilines is 3. The monoisotopic (exact) mass is 531 g/mol. The van der Waals surface area contributed by atoms with Crippen LogP contribution in [-0.4, -0.2) is 107 Å². The number of aromatic nitrogens is 4. The van der Waals surface area contributed by atoms with Gasteiger partial charge in [0.1, 0.15) is 18.1 Å². The molecular formula is C24H34FN9O4. The van der Waals surface area contributed by atoms with E-state index in [0.29, 0.717) is 50.3 Å². The van der Waals surface area contributed by atoms with Gasteiger partial charge in [0.25, 0.3) is 0 Å². The van der Waals surface area contributed by atoms with Crippen LogP contribution in [0.25, 0.3) is 0 Å². The Morgan fingerprint density at radius 3 is 2.71 bits per heavy atom. The minimum atomic E-state index is -1.23. The van der Waals surface area contributed by atoms with Crippen molar-refractivity contribution in [2.24, 2.45) is 0 Å². The van der Waals surface area contributed by atoms with Crippen LogP contribution in [0.15, 0.2) is 24.7 Å². The van der Waals surface area contributed by atoms with E-state index in [-0.39, 0.29) is 24.4 Å². The third-order valence-electron chi connectivity index (χ3n) is 6.52. The van der Waals surface area contributed by atoms with Crippen molar-refractivity contribution in [1.29, 1.82) is 0 Å². The van der Waals surface area contributed by atoms with Crippen LogP contribution in [-0.2, 0) is 4.74 Å². The molecule has 2 aromatic rings. The first-order valence-corrected chi connectivity index (χ1v) is 12.7. The maximum atomic E-state index is 14.2. The summed E-state index contributed by atoms with van der Waals surface area (Å²) in [4.78, 5) is 47.7. The first-order valence-electron chi connectivity index (χ1n) is 12.7. The molecule has 2 fully saturated rings. The van der Waals surface area contributed by atoms with E-state index in [4.69, 9.17) is 9.47 Å². The molecule has 0 saturated carbocycles. The quantitative estimate of drug-likeness (QED) is 0.548. The highest BCUT2D eigenvalue weighted by Gasteiger charge is 2.31. The molecule has 2 aliphatic heterocycles. The van der Waals surface area contributed by atoms with Crippen molar-refractivity contribution < 1.29 is 23.5 Å². The van der Waals surface area contributed by atoms with Crippen LogP contribution in [0.3, 0.4) is 0 Å². The van der Waals surface area contributed by atoms with Gasteiger partial charge in [-0.1, -0.05) is 0 Å². The number of ether oxygens (including phenoxy) is 2. The molecule has 3 atom stereocenters. The van der Waals surface area contributed by atoms with Crippen LogP contribution in [0.2, 0.25) is 0 Å². The summed E-state index contributed by atoms with van der Waals surface area (Å²) in [6, 6.07) is 1.13. The number of urea groups is 1. The van der Waals surface area contributed by atoms with E-state index in [1.807, 2.05) is 23.8 Å². The Morgan fingerprint density at radius 1 is 1.13 bits per heavy atom. The van der Waals surface area contributed by atoms with Gasteiger partial charge in [0.15, 0.2) is 5.82 Å². The SMILES string of the molecule is CCOc1cnc(NC(=O)N(C)[C@@H]2CCCN(c3nccc(NC(=O)O[C@H]4CCN(C)C[C@@H]4F)n3)C2)cn1. The van der Waals surface area contributed by atoms with Crippen LogP contribution in [0.4, 0.5) is 31.6 Å². The average Bonchev–Trinajstić information content (AvgIpc) is 2.91. The predicted octanol–water partition coefficient (Wildman–Crippen LogP) is 2.39. The number of alkyl halides is 1. The van der Waals surface area contributed by atoms with E-state index < -0.39 is 18.4 Å². The van der Waals surface area contributed by atoms with Crippen LogP contribution in [0, 0.1) is 0 Å².